The topological polar surface area (TPSA) is 39.9 Å². The number of rotatable bonds is 1. The van der Waals surface area contributed by atoms with Crippen molar-refractivity contribution in [2.24, 2.45) is 0 Å². The molecule has 14 heavy (non-hydrogen) atoms. The molecular weight excluding hydrogens is 429 g/mol. The van der Waals surface area contributed by atoms with Gasteiger partial charge in [0.05, 0.1) is 0 Å². The van der Waals surface area contributed by atoms with Gasteiger partial charge in [-0.1, -0.05) is 26.8 Å². The number of aromatic nitrogens is 3. The third-order valence-corrected chi connectivity index (χ3v) is 1.72. The largest absolute Gasteiger partial charge is 0.575 e. The van der Waals surface area contributed by atoms with Crippen molar-refractivity contribution in [3.8, 4) is 0 Å². The maximum atomic E-state index is 4.02. The number of aryl methyl sites for hydroxylation is 1. The normalized spacial score (nSPS) is 8.79. The molecule has 0 bridgehead atoms. The molecule has 0 aliphatic carbocycles. The van der Waals surface area contributed by atoms with E-state index in [-0.39, 0.29) is 0 Å². The predicted molar refractivity (Wildman–Crippen MR) is 53.6 cm³/mol. The molecule has 3 nitrogen and oxygen atoms in total. The number of nitrogens with zero attached hydrogens (tertiary/aromatic N) is 3. The van der Waals surface area contributed by atoms with Crippen LogP contribution in [0.5, 0.6) is 0 Å². The van der Waals surface area contributed by atoms with Crippen molar-refractivity contribution in [1.29, 1.82) is 0 Å². The van der Waals surface area contributed by atoms with Crippen LogP contribution in [-0.4, -0.2) is 10.1 Å². The molecule has 0 unspecified atom stereocenters. The fourth-order valence-corrected chi connectivity index (χ4v) is 1.13. The summed E-state index contributed by atoms with van der Waals surface area (Å²) in [4.78, 5) is 4.01. The Morgan fingerprint density at radius 1 is 1.36 bits per heavy atom. The van der Waals surface area contributed by atoms with Crippen molar-refractivity contribution in [3.63, 3.8) is 0 Å². The first kappa shape index (κ1) is 11.6. The summed E-state index contributed by atoms with van der Waals surface area (Å²) in [5.41, 5.74) is 1.98. The summed E-state index contributed by atoms with van der Waals surface area (Å²) in [6.45, 7) is 6.07. The molecule has 0 aromatic carbocycles. The Hall–Kier alpha value is -2.38. The molecule has 0 atom stereocenters. The minimum atomic E-state index is 0. The van der Waals surface area contributed by atoms with E-state index in [1.54, 1.807) is 6.20 Å². The fraction of sp³-hybridized carbons (Fsp3) is 0.400. The van der Waals surface area contributed by atoms with Crippen molar-refractivity contribution >= 4 is 10.9 Å². The Morgan fingerprint density at radius 3 is 2.71 bits per heavy atom. The molecule has 2 aromatic rings. The number of hydrogen-bond donors (Lipinski definition) is 0. The van der Waals surface area contributed by atoms with E-state index in [4.69, 9.17) is 0 Å². The Labute approximate surface area is 78.2 Å². The zero-order chi connectivity index (χ0) is 9.68. The van der Waals surface area contributed by atoms with Crippen molar-refractivity contribution in [1.82, 2.24) is 15.2 Å². The Kier molecular flexibility index (Phi) is 4.40. The monoisotopic (exact) mass is 443 g/mol. The van der Waals surface area contributed by atoms with Crippen molar-refractivity contribution in [2.45, 2.75) is 27.2 Å². The summed E-state index contributed by atoms with van der Waals surface area (Å²) >= 11 is 0. The standard InChI is InChI=1S/C8H8N3.C2H6.Rf/c1-2-7-6-5-9-4-3-8(6)11-10-7;1-2;/h3-5H,2H2,1H3;1-2H3;/q-1;;. The summed E-state index contributed by atoms with van der Waals surface area (Å²) in [5.74, 6) is 0. The van der Waals surface area contributed by atoms with Crippen LogP contribution in [0, 0.1) is 0 Å². The molecule has 0 spiro atoms. The van der Waals surface area contributed by atoms with Crippen LogP contribution in [0.4, 0.5) is 0 Å². The maximum Gasteiger partial charge on any atom is 0.0345 e. The van der Waals surface area contributed by atoms with Crippen LogP contribution in [-0.2, 0) is 6.42 Å². The molecule has 0 amide bonds. The van der Waals surface area contributed by atoms with Crippen LogP contribution in [0.2, 0.25) is 0 Å². The SMILES string of the molecule is CC.CCc1n[n-]c2ccncc12.[Rf]. The van der Waals surface area contributed by atoms with Gasteiger partial charge in [-0.3, -0.25) is 4.98 Å². The van der Waals surface area contributed by atoms with Gasteiger partial charge >= 0.3 is 0 Å². The minimum absolute atomic E-state index is 0. The van der Waals surface area contributed by atoms with E-state index in [0.29, 0.717) is 0 Å². The molecule has 2 aromatic heterocycles. The molecule has 0 saturated carbocycles. The zero-order valence-electron chi connectivity index (χ0n) is 8.99. The van der Waals surface area contributed by atoms with Crippen LogP contribution in [0.25, 0.3) is 10.9 Å². The van der Waals surface area contributed by atoms with Gasteiger partial charge in [0, 0.05) is 18.1 Å². The first-order valence-electron chi connectivity index (χ1n) is 4.63. The second-order valence-corrected chi connectivity index (χ2v) is 2.39. The maximum absolute atomic E-state index is 4.02. The molecule has 0 N–H and O–H groups in total. The van der Waals surface area contributed by atoms with Gasteiger partial charge in [0.1, 0.15) is 0 Å². The predicted octanol–water partition coefficient (Wildman–Crippen LogP) is 2.18. The van der Waals surface area contributed by atoms with E-state index in [0.717, 1.165) is 23.0 Å². The van der Waals surface area contributed by atoms with E-state index in [1.807, 2.05) is 26.1 Å². The van der Waals surface area contributed by atoms with E-state index in [2.05, 4.69) is 22.1 Å². The van der Waals surface area contributed by atoms with E-state index < -0.39 is 0 Å². The van der Waals surface area contributed by atoms with Crippen LogP contribution in [0.1, 0.15) is 26.5 Å². The molecule has 0 radical (unpaired) electrons. The number of hydrogen-bond acceptors (Lipinski definition) is 2. The van der Waals surface area contributed by atoms with Gasteiger partial charge in [0.25, 0.3) is 0 Å². The molecule has 0 aliphatic rings. The molecule has 0 aliphatic heterocycles. The van der Waals surface area contributed by atoms with Gasteiger partial charge in [-0.2, -0.15) is 0 Å². The molecule has 2 heterocycles. The second-order valence-electron chi connectivity index (χ2n) is 2.39. The summed E-state index contributed by atoms with van der Waals surface area (Å²) in [6.07, 6.45) is 4.47. The van der Waals surface area contributed by atoms with Crippen molar-refractivity contribution in [2.75, 3.05) is 0 Å². The quantitative estimate of drug-likeness (QED) is 0.679. The van der Waals surface area contributed by atoms with E-state index in [1.165, 1.54) is 0 Å². The molecular formula is C10H14N3Rf-. The Morgan fingerprint density at radius 2 is 2.07 bits per heavy atom. The van der Waals surface area contributed by atoms with Crippen molar-refractivity contribution < 1.29 is 0 Å². The van der Waals surface area contributed by atoms with Gasteiger partial charge < -0.3 is 10.2 Å². The first-order chi connectivity index (χ1) is 6.42. The van der Waals surface area contributed by atoms with Gasteiger partial charge in [-0.15, -0.1) is 5.52 Å². The Bertz CT molecular complexity index is 370. The summed E-state index contributed by atoms with van der Waals surface area (Å²) in [5, 5.41) is 9.10. The fourth-order valence-electron chi connectivity index (χ4n) is 1.13. The van der Waals surface area contributed by atoms with E-state index in [9.17, 15) is 0 Å². The van der Waals surface area contributed by atoms with Gasteiger partial charge in [-0.05, 0) is 11.8 Å². The molecule has 0 saturated heterocycles. The summed E-state index contributed by atoms with van der Waals surface area (Å²) in [6, 6.07) is 1.88. The number of pyridine rings is 1. The second kappa shape index (κ2) is 5.30. The van der Waals surface area contributed by atoms with Gasteiger partial charge in [0.15, 0.2) is 0 Å². The number of fused-ring (bicyclic) bond motifs is 1. The Balaban J connectivity index is 0.000000531. The molecule has 2 rings (SSSR count). The smallest absolute Gasteiger partial charge is 0.0345 e. The summed E-state index contributed by atoms with van der Waals surface area (Å²) < 4.78 is 0. The third kappa shape index (κ3) is 1.86. The van der Waals surface area contributed by atoms with Crippen LogP contribution in [0.3, 0.4) is 0 Å². The first-order valence-corrected chi connectivity index (χ1v) is 4.63. The third-order valence-electron chi connectivity index (χ3n) is 1.72. The van der Waals surface area contributed by atoms with Crippen LogP contribution in [0.15, 0.2) is 18.5 Å². The van der Waals surface area contributed by atoms with Gasteiger partial charge in [0.2, 0.25) is 0 Å². The molecule has 4 heteroatoms. The van der Waals surface area contributed by atoms with Gasteiger partial charge in [-0.25, -0.2) is 0 Å². The molecule has 0 fully saturated rings. The average Bonchev–Trinajstić information content (AvgIpc) is 2.64. The average molecular weight is 443 g/mol. The summed E-state index contributed by atoms with van der Waals surface area (Å²) in [7, 11) is 0. The van der Waals surface area contributed by atoms with Crippen LogP contribution < -0.4 is 5.10 Å². The zero-order valence-corrected chi connectivity index (χ0v) is 15.4. The van der Waals surface area contributed by atoms with E-state index >= 15 is 0 Å². The minimum Gasteiger partial charge on any atom is -0.575 e. The van der Waals surface area contributed by atoms with Crippen molar-refractivity contribution in [3.05, 3.63) is 24.2 Å². The molecule has 72 valence electrons. The van der Waals surface area contributed by atoms with Crippen LogP contribution >= 0.6 is 0 Å².